The molecule has 1 aliphatic rings. The van der Waals surface area contributed by atoms with E-state index < -0.39 is 5.97 Å². The second kappa shape index (κ2) is 11.2. The third kappa shape index (κ3) is 5.81. The molecule has 1 unspecified atom stereocenters. The topological polar surface area (TPSA) is 92.0 Å². The Balaban J connectivity index is 1.58. The van der Waals surface area contributed by atoms with Gasteiger partial charge in [-0.25, -0.2) is 0 Å². The fourth-order valence-electron chi connectivity index (χ4n) is 4.73. The number of nitrogens with zero attached hydrogens (tertiary/aromatic N) is 1. The highest BCUT2D eigenvalue weighted by molar-refractivity contribution is 9.10. The van der Waals surface area contributed by atoms with Crippen molar-refractivity contribution in [3.05, 3.63) is 58.3 Å². The van der Waals surface area contributed by atoms with Crippen molar-refractivity contribution < 1.29 is 23.8 Å². The van der Waals surface area contributed by atoms with E-state index >= 15 is 0 Å². The van der Waals surface area contributed by atoms with Crippen LogP contribution in [0.15, 0.2) is 51.4 Å². The van der Waals surface area contributed by atoms with Gasteiger partial charge in [-0.05, 0) is 77.2 Å². The summed E-state index contributed by atoms with van der Waals surface area (Å²) in [5.74, 6) is 0.949. The first-order chi connectivity index (χ1) is 16.9. The van der Waals surface area contributed by atoms with Crippen LogP contribution in [0.2, 0.25) is 0 Å². The number of nitrogens with one attached hydrogen (secondary N) is 1. The van der Waals surface area contributed by atoms with Crippen LogP contribution in [0.25, 0.3) is 11.0 Å². The molecule has 7 nitrogen and oxygen atoms in total. The molecule has 0 saturated heterocycles. The van der Waals surface area contributed by atoms with E-state index in [-0.39, 0.29) is 24.9 Å². The number of carboxylic acids is 1. The Morgan fingerprint density at radius 2 is 1.89 bits per heavy atom. The molecule has 35 heavy (non-hydrogen) atoms. The van der Waals surface area contributed by atoms with Crippen LogP contribution in [-0.4, -0.2) is 42.6 Å². The molecule has 0 spiro atoms. The van der Waals surface area contributed by atoms with Gasteiger partial charge in [0, 0.05) is 30.2 Å². The van der Waals surface area contributed by atoms with Crippen molar-refractivity contribution in [3.63, 3.8) is 0 Å². The molecule has 1 amide bonds. The summed E-state index contributed by atoms with van der Waals surface area (Å²) < 4.78 is 12.7. The highest BCUT2D eigenvalue weighted by Crippen LogP contribution is 2.43. The van der Waals surface area contributed by atoms with Crippen LogP contribution in [0.5, 0.6) is 5.75 Å². The average Bonchev–Trinajstić information content (AvgIpc) is 3.21. The Hall–Kier alpha value is -3.00. The SMILES string of the molecule is COc1ccc2oc(C(Nc3ccc(C(=O)N(C)CCC(=O)O)cc3)C3CCCCC3)c(Br)c2c1. The van der Waals surface area contributed by atoms with Crippen LogP contribution in [0.1, 0.15) is 60.7 Å². The molecule has 4 rings (SSSR count). The molecule has 2 aromatic carbocycles. The molecule has 1 aliphatic carbocycles. The van der Waals surface area contributed by atoms with Crippen molar-refractivity contribution in [1.29, 1.82) is 0 Å². The second-order valence-corrected chi connectivity index (χ2v) is 9.90. The van der Waals surface area contributed by atoms with Gasteiger partial charge in [-0.1, -0.05) is 19.3 Å². The highest BCUT2D eigenvalue weighted by atomic mass is 79.9. The third-order valence-electron chi connectivity index (χ3n) is 6.72. The van der Waals surface area contributed by atoms with Gasteiger partial charge in [0.15, 0.2) is 0 Å². The van der Waals surface area contributed by atoms with Crippen molar-refractivity contribution in [2.45, 2.75) is 44.6 Å². The Labute approximate surface area is 213 Å². The maximum atomic E-state index is 12.6. The zero-order valence-corrected chi connectivity index (χ0v) is 21.6. The summed E-state index contributed by atoms with van der Waals surface area (Å²) in [5.41, 5.74) is 2.23. The van der Waals surface area contributed by atoms with Crippen LogP contribution >= 0.6 is 15.9 Å². The number of rotatable bonds is 9. The molecule has 1 aromatic heterocycles. The Kier molecular flexibility index (Phi) is 8.00. The van der Waals surface area contributed by atoms with Gasteiger partial charge in [0.25, 0.3) is 5.91 Å². The fraction of sp³-hybridized carbons (Fsp3) is 0.407. The third-order valence-corrected chi connectivity index (χ3v) is 7.54. The highest BCUT2D eigenvalue weighted by Gasteiger charge is 2.30. The second-order valence-electron chi connectivity index (χ2n) is 9.11. The monoisotopic (exact) mass is 542 g/mol. The molecule has 2 N–H and O–H groups in total. The fourth-order valence-corrected chi connectivity index (χ4v) is 5.37. The maximum Gasteiger partial charge on any atom is 0.305 e. The lowest BCUT2D eigenvalue weighted by atomic mass is 9.82. The molecule has 1 fully saturated rings. The Morgan fingerprint density at radius 3 is 2.54 bits per heavy atom. The van der Waals surface area contributed by atoms with Gasteiger partial charge in [-0.3, -0.25) is 9.59 Å². The van der Waals surface area contributed by atoms with Crippen molar-refractivity contribution in [2.75, 3.05) is 26.0 Å². The quantitative estimate of drug-likeness (QED) is 0.321. The first kappa shape index (κ1) is 25.1. The summed E-state index contributed by atoms with van der Waals surface area (Å²) in [6.45, 7) is 0.169. The van der Waals surface area contributed by atoms with Crippen LogP contribution in [-0.2, 0) is 4.79 Å². The van der Waals surface area contributed by atoms with E-state index in [9.17, 15) is 9.59 Å². The standard InChI is InChI=1S/C27H31BrN2O5/c1-30(15-14-23(31)32)27(33)18-8-10-19(11-9-18)29-25(17-6-4-3-5-7-17)26-24(28)21-16-20(34-2)12-13-22(21)35-26/h8-13,16-17,25,29H,3-7,14-15H2,1-2H3,(H,31,32). The van der Waals surface area contributed by atoms with E-state index in [1.54, 1.807) is 26.3 Å². The molecule has 186 valence electrons. The van der Waals surface area contributed by atoms with Crippen molar-refractivity contribution >= 4 is 44.5 Å². The smallest absolute Gasteiger partial charge is 0.305 e. The number of fused-ring (bicyclic) bond motifs is 1. The number of furan rings is 1. The first-order valence-corrected chi connectivity index (χ1v) is 12.8. The largest absolute Gasteiger partial charge is 0.497 e. The normalized spacial score (nSPS) is 15.1. The predicted molar refractivity (Wildman–Crippen MR) is 139 cm³/mol. The average molecular weight is 543 g/mol. The lowest BCUT2D eigenvalue weighted by molar-refractivity contribution is -0.137. The molecule has 3 aromatic rings. The minimum Gasteiger partial charge on any atom is -0.497 e. The van der Waals surface area contributed by atoms with Gasteiger partial charge < -0.3 is 24.5 Å². The van der Waals surface area contributed by atoms with Gasteiger partial charge in [0.2, 0.25) is 0 Å². The number of hydrogen-bond donors (Lipinski definition) is 2. The molecule has 1 atom stereocenters. The van der Waals surface area contributed by atoms with E-state index in [0.29, 0.717) is 11.5 Å². The number of halogens is 1. The summed E-state index contributed by atoms with van der Waals surface area (Å²) in [5, 5.41) is 13.5. The molecule has 1 saturated carbocycles. The molecular formula is C27H31BrN2O5. The Morgan fingerprint density at radius 1 is 1.17 bits per heavy atom. The number of methoxy groups -OCH3 is 1. The van der Waals surface area contributed by atoms with Crippen molar-refractivity contribution in [3.8, 4) is 5.75 Å². The molecule has 1 heterocycles. The summed E-state index contributed by atoms with van der Waals surface area (Å²) >= 11 is 3.79. The van der Waals surface area contributed by atoms with Crippen molar-refractivity contribution in [2.24, 2.45) is 5.92 Å². The van der Waals surface area contributed by atoms with E-state index in [0.717, 1.165) is 45.5 Å². The van der Waals surface area contributed by atoms with Crippen molar-refractivity contribution in [1.82, 2.24) is 4.90 Å². The number of amides is 1. The predicted octanol–water partition coefficient (Wildman–Crippen LogP) is 6.48. The molecule has 8 heteroatoms. The van der Waals surface area contributed by atoms with Gasteiger partial charge in [0.05, 0.1) is 24.0 Å². The first-order valence-electron chi connectivity index (χ1n) is 12.0. The van der Waals surface area contributed by atoms with Crippen LogP contribution in [0, 0.1) is 5.92 Å². The molecule has 0 bridgehead atoms. The van der Waals surface area contributed by atoms with E-state index in [4.69, 9.17) is 14.3 Å². The number of carboxylic acid groups (broad SMARTS) is 1. The molecule has 0 aliphatic heterocycles. The van der Waals surface area contributed by atoms with Gasteiger partial charge in [-0.15, -0.1) is 0 Å². The van der Waals surface area contributed by atoms with E-state index in [2.05, 4.69) is 21.2 Å². The number of carbonyl (C=O) groups excluding carboxylic acids is 1. The minimum absolute atomic E-state index is 0.0251. The summed E-state index contributed by atoms with van der Waals surface area (Å²) in [6.07, 6.45) is 5.82. The lowest BCUT2D eigenvalue weighted by Crippen LogP contribution is -2.29. The summed E-state index contributed by atoms with van der Waals surface area (Å²) in [7, 11) is 3.27. The lowest BCUT2D eigenvalue weighted by Gasteiger charge is -2.30. The molecule has 0 radical (unpaired) electrons. The van der Waals surface area contributed by atoms with Crippen LogP contribution in [0.3, 0.4) is 0 Å². The summed E-state index contributed by atoms with van der Waals surface area (Å²) in [6, 6.07) is 13.1. The number of carbonyl (C=O) groups is 2. The maximum absolute atomic E-state index is 12.6. The number of anilines is 1. The van der Waals surface area contributed by atoms with Crippen LogP contribution < -0.4 is 10.1 Å². The minimum atomic E-state index is -0.923. The summed E-state index contributed by atoms with van der Waals surface area (Å²) in [4.78, 5) is 24.9. The Bertz CT molecular complexity index is 1180. The molecular weight excluding hydrogens is 512 g/mol. The number of benzene rings is 2. The van der Waals surface area contributed by atoms with E-state index in [1.807, 2.05) is 30.3 Å². The number of ether oxygens (including phenoxy) is 1. The van der Waals surface area contributed by atoms with Gasteiger partial charge in [0.1, 0.15) is 17.1 Å². The van der Waals surface area contributed by atoms with Gasteiger partial charge in [-0.2, -0.15) is 0 Å². The van der Waals surface area contributed by atoms with Gasteiger partial charge >= 0.3 is 5.97 Å². The number of hydrogen-bond acceptors (Lipinski definition) is 5. The number of aliphatic carboxylic acids is 1. The van der Waals surface area contributed by atoms with E-state index in [1.165, 1.54) is 24.2 Å². The van der Waals surface area contributed by atoms with Crippen LogP contribution in [0.4, 0.5) is 5.69 Å². The zero-order chi connectivity index (χ0) is 24.9. The zero-order valence-electron chi connectivity index (χ0n) is 20.1.